The summed E-state index contributed by atoms with van der Waals surface area (Å²) in [6, 6.07) is 12.4. The van der Waals surface area contributed by atoms with Crippen molar-refractivity contribution in [1.82, 2.24) is 14.7 Å². The van der Waals surface area contributed by atoms with Crippen molar-refractivity contribution in [3.8, 4) is 11.5 Å². The normalized spacial score (nSPS) is 10.7. The highest BCUT2D eigenvalue weighted by Gasteiger charge is 2.17. The third-order valence-electron chi connectivity index (χ3n) is 4.48. The zero-order chi connectivity index (χ0) is 21.0. The molecule has 0 aliphatic rings. The zero-order valence-corrected chi connectivity index (χ0v) is 18.7. The number of nitrogens with zero attached hydrogens (tertiary/aromatic N) is 3. The van der Waals surface area contributed by atoms with Crippen LogP contribution in [0.1, 0.15) is 21.6 Å². The van der Waals surface area contributed by atoms with Crippen molar-refractivity contribution in [3.63, 3.8) is 0 Å². The molecule has 152 valence electrons. The van der Waals surface area contributed by atoms with Gasteiger partial charge in [-0.3, -0.25) is 9.48 Å². The van der Waals surface area contributed by atoms with Crippen LogP contribution in [0.4, 0.5) is 0 Å². The molecule has 1 amide bonds. The van der Waals surface area contributed by atoms with Crippen LogP contribution < -0.4 is 9.47 Å². The van der Waals surface area contributed by atoms with Gasteiger partial charge in [-0.05, 0) is 58.4 Å². The van der Waals surface area contributed by atoms with Gasteiger partial charge in [0.25, 0.3) is 5.91 Å². The van der Waals surface area contributed by atoms with Gasteiger partial charge < -0.3 is 14.4 Å². The van der Waals surface area contributed by atoms with E-state index in [1.54, 1.807) is 72.4 Å². The second-order valence-corrected chi connectivity index (χ2v) is 7.78. The summed E-state index contributed by atoms with van der Waals surface area (Å²) in [6.07, 6.45) is 1.72. The molecule has 0 atom stereocenters. The molecule has 0 N–H and O–H groups in total. The zero-order valence-electron chi connectivity index (χ0n) is 16.4. The minimum Gasteiger partial charge on any atom is -0.496 e. The van der Waals surface area contributed by atoms with Crippen molar-refractivity contribution in [1.29, 1.82) is 0 Å². The van der Waals surface area contributed by atoms with Crippen LogP contribution in [0.3, 0.4) is 0 Å². The molecule has 0 fully saturated rings. The number of aromatic nitrogens is 2. The summed E-state index contributed by atoms with van der Waals surface area (Å²) in [5.74, 6) is 1.24. The smallest absolute Gasteiger partial charge is 0.253 e. The molecule has 0 unspecified atom stereocenters. The lowest BCUT2D eigenvalue weighted by atomic mass is 10.1. The number of carbonyl (C=O) groups excluding carboxylic acids is 1. The number of rotatable bonds is 7. The Hall–Kier alpha value is -2.51. The van der Waals surface area contributed by atoms with Crippen molar-refractivity contribution in [3.05, 3.63) is 75.0 Å². The topological polar surface area (TPSA) is 56.6 Å². The van der Waals surface area contributed by atoms with Gasteiger partial charge in [-0.2, -0.15) is 5.10 Å². The van der Waals surface area contributed by atoms with Crippen molar-refractivity contribution in [2.24, 2.45) is 7.05 Å². The van der Waals surface area contributed by atoms with Crippen molar-refractivity contribution < 1.29 is 14.3 Å². The fourth-order valence-electron chi connectivity index (χ4n) is 2.85. The molecule has 0 spiro atoms. The summed E-state index contributed by atoms with van der Waals surface area (Å²) in [7, 11) is 5.20. The number of hydrogen-bond acceptors (Lipinski definition) is 4. The van der Waals surface area contributed by atoms with Gasteiger partial charge in [-0.15, -0.1) is 0 Å². The average Bonchev–Trinajstić information content (AvgIpc) is 3.04. The Bertz CT molecular complexity index is 985. The standard InChI is InChI=1S/C21H21BrClN3O3/c1-25(12-19-18(22)11-24-26(19)2)21(27)14-4-9-20(28-3)15(10-14)13-29-17-7-5-16(23)6-8-17/h4-11H,12-13H2,1-3H3. The predicted molar refractivity (Wildman–Crippen MR) is 115 cm³/mol. The van der Waals surface area contributed by atoms with Gasteiger partial charge in [0.05, 0.1) is 30.0 Å². The first-order chi connectivity index (χ1) is 13.9. The molecule has 0 bridgehead atoms. The second kappa shape index (κ2) is 9.33. The Morgan fingerprint density at radius 1 is 1.24 bits per heavy atom. The molecule has 6 nitrogen and oxygen atoms in total. The van der Waals surface area contributed by atoms with Gasteiger partial charge in [0, 0.05) is 30.2 Å². The number of methoxy groups -OCH3 is 1. The maximum absolute atomic E-state index is 12.9. The number of halogens is 2. The first-order valence-corrected chi connectivity index (χ1v) is 10.0. The lowest BCUT2D eigenvalue weighted by Gasteiger charge is -2.19. The number of aryl methyl sites for hydroxylation is 1. The molecule has 3 rings (SSSR count). The van der Waals surface area contributed by atoms with Crippen LogP contribution >= 0.6 is 27.5 Å². The van der Waals surface area contributed by atoms with Crippen molar-refractivity contribution in [2.45, 2.75) is 13.2 Å². The second-order valence-electron chi connectivity index (χ2n) is 6.49. The van der Waals surface area contributed by atoms with E-state index in [0.29, 0.717) is 28.6 Å². The monoisotopic (exact) mass is 477 g/mol. The fourth-order valence-corrected chi connectivity index (χ4v) is 3.45. The summed E-state index contributed by atoms with van der Waals surface area (Å²) < 4.78 is 13.9. The maximum atomic E-state index is 12.9. The lowest BCUT2D eigenvalue weighted by Crippen LogP contribution is -2.27. The molecule has 3 aromatic rings. The molecular weight excluding hydrogens is 458 g/mol. The first kappa shape index (κ1) is 21.2. The molecular formula is C21H21BrClN3O3. The quantitative estimate of drug-likeness (QED) is 0.494. The Morgan fingerprint density at radius 2 is 1.97 bits per heavy atom. The van der Waals surface area contributed by atoms with Crippen LogP contribution in [0.15, 0.2) is 53.1 Å². The molecule has 1 heterocycles. The van der Waals surface area contributed by atoms with E-state index in [9.17, 15) is 4.79 Å². The van der Waals surface area contributed by atoms with Crippen LogP contribution in [0, 0.1) is 0 Å². The lowest BCUT2D eigenvalue weighted by molar-refractivity contribution is 0.0781. The average molecular weight is 479 g/mol. The SMILES string of the molecule is COc1ccc(C(=O)N(C)Cc2c(Br)cnn2C)cc1COc1ccc(Cl)cc1. The van der Waals surface area contributed by atoms with E-state index in [0.717, 1.165) is 15.7 Å². The van der Waals surface area contributed by atoms with E-state index in [2.05, 4.69) is 21.0 Å². The Balaban J connectivity index is 1.76. The van der Waals surface area contributed by atoms with Gasteiger partial charge in [0.15, 0.2) is 0 Å². The van der Waals surface area contributed by atoms with Crippen molar-refractivity contribution >= 4 is 33.4 Å². The summed E-state index contributed by atoms with van der Waals surface area (Å²) >= 11 is 9.37. The molecule has 29 heavy (non-hydrogen) atoms. The molecule has 0 saturated carbocycles. The van der Waals surface area contributed by atoms with Crippen LogP contribution in [0.2, 0.25) is 5.02 Å². The highest BCUT2D eigenvalue weighted by molar-refractivity contribution is 9.10. The Labute approximate surface area is 183 Å². The predicted octanol–water partition coefficient (Wildman–Crippen LogP) is 4.70. The molecule has 8 heteroatoms. The number of ether oxygens (including phenoxy) is 2. The van der Waals surface area contributed by atoms with Gasteiger partial charge in [0.1, 0.15) is 18.1 Å². The molecule has 0 saturated heterocycles. The molecule has 2 aromatic carbocycles. The number of amides is 1. The minimum absolute atomic E-state index is 0.103. The third-order valence-corrected chi connectivity index (χ3v) is 5.39. The highest BCUT2D eigenvalue weighted by atomic mass is 79.9. The van der Waals surface area contributed by atoms with E-state index in [1.165, 1.54) is 0 Å². The van der Waals surface area contributed by atoms with Crippen LogP contribution in [-0.2, 0) is 20.2 Å². The van der Waals surface area contributed by atoms with E-state index in [-0.39, 0.29) is 12.5 Å². The van der Waals surface area contributed by atoms with Crippen LogP contribution in [0.5, 0.6) is 11.5 Å². The fraction of sp³-hybridized carbons (Fsp3) is 0.238. The largest absolute Gasteiger partial charge is 0.496 e. The summed E-state index contributed by atoms with van der Waals surface area (Å²) in [5.41, 5.74) is 2.25. The third kappa shape index (κ3) is 5.10. The van der Waals surface area contributed by atoms with E-state index >= 15 is 0 Å². The number of benzene rings is 2. The van der Waals surface area contributed by atoms with Gasteiger partial charge in [-0.1, -0.05) is 11.6 Å². The Morgan fingerprint density at radius 3 is 2.59 bits per heavy atom. The number of carbonyl (C=O) groups is 1. The summed E-state index contributed by atoms with van der Waals surface area (Å²) in [5, 5.41) is 4.83. The van der Waals surface area contributed by atoms with Crippen molar-refractivity contribution in [2.75, 3.05) is 14.2 Å². The van der Waals surface area contributed by atoms with Gasteiger partial charge in [-0.25, -0.2) is 0 Å². The number of hydrogen-bond donors (Lipinski definition) is 0. The first-order valence-electron chi connectivity index (χ1n) is 8.86. The molecule has 0 aliphatic carbocycles. The maximum Gasteiger partial charge on any atom is 0.253 e. The molecule has 1 aromatic heterocycles. The summed E-state index contributed by atoms with van der Waals surface area (Å²) in [4.78, 5) is 14.6. The highest BCUT2D eigenvalue weighted by Crippen LogP contribution is 2.24. The molecule has 0 radical (unpaired) electrons. The van der Waals surface area contributed by atoms with Gasteiger partial charge in [0.2, 0.25) is 0 Å². The van der Waals surface area contributed by atoms with Gasteiger partial charge >= 0.3 is 0 Å². The molecule has 0 aliphatic heterocycles. The van der Waals surface area contributed by atoms with E-state index < -0.39 is 0 Å². The van der Waals surface area contributed by atoms with E-state index in [4.69, 9.17) is 21.1 Å². The van der Waals surface area contributed by atoms with E-state index in [1.807, 2.05) is 7.05 Å². The van der Waals surface area contributed by atoms with Crippen LogP contribution in [0.25, 0.3) is 0 Å². The minimum atomic E-state index is -0.103. The van der Waals surface area contributed by atoms with Crippen LogP contribution in [-0.4, -0.2) is 34.7 Å². The summed E-state index contributed by atoms with van der Waals surface area (Å²) in [6.45, 7) is 0.696. The Kier molecular flexibility index (Phi) is 6.82.